The molecule has 0 aliphatic rings. The molecular weight excluding hydrogens is 344 g/mol. The molecule has 0 saturated carbocycles. The fourth-order valence-electron chi connectivity index (χ4n) is 2.92. The maximum absolute atomic E-state index is 12.0. The van der Waals surface area contributed by atoms with Gasteiger partial charge in [-0.05, 0) is 29.2 Å². The van der Waals surface area contributed by atoms with Crippen molar-refractivity contribution < 1.29 is 19.4 Å². The van der Waals surface area contributed by atoms with E-state index in [9.17, 15) is 14.7 Å². The molecule has 1 amide bonds. The number of hydrogen-bond acceptors (Lipinski definition) is 3. The van der Waals surface area contributed by atoms with E-state index >= 15 is 0 Å². The van der Waals surface area contributed by atoms with Gasteiger partial charge < -0.3 is 20.1 Å². The fourth-order valence-corrected chi connectivity index (χ4v) is 2.92. The van der Waals surface area contributed by atoms with Crippen LogP contribution in [-0.4, -0.2) is 28.2 Å². The van der Waals surface area contributed by atoms with Crippen LogP contribution in [-0.2, 0) is 29.0 Å². The number of nitrogens with one attached hydrogen (secondary N) is 2. The van der Waals surface area contributed by atoms with Crippen LogP contribution < -0.4 is 5.32 Å². The van der Waals surface area contributed by atoms with Gasteiger partial charge in [0.15, 0.2) is 0 Å². The molecule has 0 spiro atoms. The Morgan fingerprint density at radius 3 is 2.52 bits per heavy atom. The summed E-state index contributed by atoms with van der Waals surface area (Å²) < 4.78 is 5.17. The molecular formula is C21H22N2O4. The van der Waals surface area contributed by atoms with Crippen molar-refractivity contribution in [3.8, 4) is 0 Å². The number of aromatic amines is 1. The maximum atomic E-state index is 12.0. The second-order valence-corrected chi connectivity index (χ2v) is 6.34. The minimum atomic E-state index is -1.11. The molecule has 6 nitrogen and oxygen atoms in total. The standard InChI is InChI=1S/C21H22N2O4/c1-2-14-7-9-15(10-8-14)13-27-21(26)23-19(20(24)25)11-16-12-22-18-6-4-3-5-17(16)18/h3-10,12,19,22H,2,11,13H2,1H3,(H,23,26)(H,24,25)/t19-/m0/s1. The van der Waals surface area contributed by atoms with Crippen LogP contribution in [0.2, 0.25) is 0 Å². The van der Waals surface area contributed by atoms with E-state index < -0.39 is 18.1 Å². The zero-order valence-electron chi connectivity index (χ0n) is 15.1. The van der Waals surface area contributed by atoms with Crippen LogP contribution in [0, 0.1) is 0 Å². The summed E-state index contributed by atoms with van der Waals surface area (Å²) in [5.41, 5.74) is 3.81. The molecule has 3 N–H and O–H groups in total. The molecule has 3 aromatic rings. The number of ether oxygens (including phenoxy) is 1. The Labute approximate surface area is 157 Å². The van der Waals surface area contributed by atoms with Gasteiger partial charge in [-0.2, -0.15) is 0 Å². The van der Waals surface area contributed by atoms with Crippen molar-refractivity contribution in [3.05, 3.63) is 71.4 Å². The molecule has 140 valence electrons. The van der Waals surface area contributed by atoms with Gasteiger partial charge in [-0.25, -0.2) is 9.59 Å². The van der Waals surface area contributed by atoms with Crippen LogP contribution in [0.4, 0.5) is 4.79 Å². The molecule has 27 heavy (non-hydrogen) atoms. The van der Waals surface area contributed by atoms with E-state index in [1.54, 1.807) is 6.20 Å². The van der Waals surface area contributed by atoms with Gasteiger partial charge in [0.2, 0.25) is 0 Å². The molecule has 1 aromatic heterocycles. The molecule has 6 heteroatoms. The summed E-state index contributed by atoms with van der Waals surface area (Å²) in [5.74, 6) is -1.11. The van der Waals surface area contributed by atoms with Gasteiger partial charge in [-0.3, -0.25) is 0 Å². The van der Waals surface area contributed by atoms with Gasteiger partial charge in [0, 0.05) is 23.5 Å². The van der Waals surface area contributed by atoms with Gasteiger partial charge in [-0.1, -0.05) is 49.4 Å². The topological polar surface area (TPSA) is 91.4 Å². The zero-order chi connectivity index (χ0) is 19.2. The van der Waals surface area contributed by atoms with Crippen LogP contribution in [0.25, 0.3) is 10.9 Å². The number of benzene rings is 2. The number of hydrogen-bond donors (Lipinski definition) is 3. The van der Waals surface area contributed by atoms with E-state index in [-0.39, 0.29) is 13.0 Å². The lowest BCUT2D eigenvalue weighted by molar-refractivity contribution is -0.139. The number of carbonyl (C=O) groups is 2. The van der Waals surface area contributed by atoms with Crippen molar-refractivity contribution in [1.82, 2.24) is 10.3 Å². The first-order valence-corrected chi connectivity index (χ1v) is 8.85. The third-order valence-corrected chi connectivity index (χ3v) is 4.49. The minimum absolute atomic E-state index is 0.0925. The Balaban J connectivity index is 1.60. The lowest BCUT2D eigenvalue weighted by Gasteiger charge is -2.14. The first kappa shape index (κ1) is 18.5. The van der Waals surface area contributed by atoms with E-state index in [4.69, 9.17) is 4.74 Å². The van der Waals surface area contributed by atoms with Crippen LogP contribution in [0.3, 0.4) is 0 Å². The Kier molecular flexibility index (Phi) is 5.76. The van der Waals surface area contributed by atoms with E-state index in [0.29, 0.717) is 0 Å². The van der Waals surface area contributed by atoms with E-state index in [1.165, 1.54) is 5.56 Å². The Hall–Kier alpha value is -3.28. The van der Waals surface area contributed by atoms with Gasteiger partial charge in [0.25, 0.3) is 0 Å². The Bertz CT molecular complexity index is 931. The van der Waals surface area contributed by atoms with Crippen molar-refractivity contribution in [2.75, 3.05) is 0 Å². The largest absolute Gasteiger partial charge is 0.480 e. The SMILES string of the molecule is CCc1ccc(COC(=O)N[C@@H](Cc2c[nH]c3ccccc23)C(=O)O)cc1. The summed E-state index contributed by atoms with van der Waals surface area (Å²) in [6.07, 6.45) is 2.12. The number of aromatic nitrogens is 1. The molecule has 0 radical (unpaired) electrons. The average molecular weight is 366 g/mol. The number of carboxylic acid groups (broad SMARTS) is 1. The van der Waals surface area contributed by atoms with Crippen LogP contribution in [0.1, 0.15) is 23.6 Å². The summed E-state index contributed by atoms with van der Waals surface area (Å²) >= 11 is 0. The van der Waals surface area contributed by atoms with Gasteiger partial charge in [0.05, 0.1) is 0 Å². The average Bonchev–Trinajstić information content (AvgIpc) is 3.09. The number of aryl methyl sites for hydroxylation is 1. The van der Waals surface area contributed by atoms with Gasteiger partial charge >= 0.3 is 12.1 Å². The molecule has 0 fully saturated rings. The predicted octanol–water partition coefficient (Wildman–Crippen LogP) is 3.65. The third-order valence-electron chi connectivity index (χ3n) is 4.49. The highest BCUT2D eigenvalue weighted by Gasteiger charge is 2.22. The minimum Gasteiger partial charge on any atom is -0.480 e. The van der Waals surface area contributed by atoms with Crippen LogP contribution in [0.5, 0.6) is 0 Å². The van der Waals surface area contributed by atoms with Gasteiger partial charge in [0.1, 0.15) is 12.6 Å². The summed E-state index contributed by atoms with van der Waals surface area (Å²) in [5, 5.41) is 12.8. The fraction of sp³-hybridized carbons (Fsp3) is 0.238. The zero-order valence-corrected chi connectivity index (χ0v) is 15.1. The Morgan fingerprint density at radius 2 is 1.81 bits per heavy atom. The number of alkyl carbamates (subject to hydrolysis) is 1. The highest BCUT2D eigenvalue weighted by molar-refractivity contribution is 5.85. The second-order valence-electron chi connectivity index (χ2n) is 6.34. The predicted molar refractivity (Wildman–Crippen MR) is 103 cm³/mol. The lowest BCUT2D eigenvalue weighted by atomic mass is 10.1. The Morgan fingerprint density at radius 1 is 1.11 bits per heavy atom. The third kappa shape index (κ3) is 4.67. The molecule has 2 aromatic carbocycles. The van der Waals surface area contributed by atoms with E-state index in [1.807, 2.05) is 48.5 Å². The highest BCUT2D eigenvalue weighted by Crippen LogP contribution is 2.19. The first-order chi connectivity index (χ1) is 13.1. The monoisotopic (exact) mass is 366 g/mol. The number of aliphatic carboxylic acids is 1. The quantitative estimate of drug-likeness (QED) is 0.595. The second kappa shape index (κ2) is 8.40. The number of carbonyl (C=O) groups excluding carboxylic acids is 1. The normalized spacial score (nSPS) is 11.9. The summed E-state index contributed by atoms with van der Waals surface area (Å²) in [7, 11) is 0. The van der Waals surface area contributed by atoms with Crippen molar-refractivity contribution >= 4 is 23.0 Å². The summed E-state index contributed by atoms with van der Waals surface area (Å²) in [6, 6.07) is 14.3. The molecule has 0 aliphatic heterocycles. The summed E-state index contributed by atoms with van der Waals surface area (Å²) in [6.45, 7) is 2.16. The summed E-state index contributed by atoms with van der Waals surface area (Å²) in [4.78, 5) is 26.7. The van der Waals surface area contributed by atoms with Crippen LogP contribution >= 0.6 is 0 Å². The van der Waals surface area contributed by atoms with Crippen molar-refractivity contribution in [2.24, 2.45) is 0 Å². The van der Waals surface area contributed by atoms with E-state index in [2.05, 4.69) is 17.2 Å². The number of carboxylic acids is 1. The van der Waals surface area contributed by atoms with Crippen molar-refractivity contribution in [3.63, 3.8) is 0 Å². The maximum Gasteiger partial charge on any atom is 0.408 e. The van der Waals surface area contributed by atoms with Gasteiger partial charge in [-0.15, -0.1) is 0 Å². The smallest absolute Gasteiger partial charge is 0.408 e. The number of amides is 1. The van der Waals surface area contributed by atoms with Crippen LogP contribution in [0.15, 0.2) is 54.7 Å². The number of para-hydroxylation sites is 1. The number of H-pyrrole nitrogens is 1. The molecule has 0 bridgehead atoms. The van der Waals surface area contributed by atoms with E-state index in [0.717, 1.165) is 28.5 Å². The highest BCUT2D eigenvalue weighted by atomic mass is 16.5. The molecule has 1 atom stereocenters. The lowest BCUT2D eigenvalue weighted by Crippen LogP contribution is -2.42. The first-order valence-electron chi connectivity index (χ1n) is 8.85. The molecule has 0 saturated heterocycles. The molecule has 0 aliphatic carbocycles. The van der Waals surface area contributed by atoms with Crippen molar-refractivity contribution in [1.29, 1.82) is 0 Å². The number of fused-ring (bicyclic) bond motifs is 1. The molecule has 0 unspecified atom stereocenters. The molecule has 1 heterocycles. The molecule has 3 rings (SSSR count). The number of rotatable bonds is 7. The van der Waals surface area contributed by atoms with Crippen molar-refractivity contribution in [2.45, 2.75) is 32.4 Å².